The summed E-state index contributed by atoms with van der Waals surface area (Å²) in [4.78, 5) is 13.1. The zero-order chi connectivity index (χ0) is 18.8. The first kappa shape index (κ1) is 18.0. The van der Waals surface area contributed by atoms with Crippen molar-refractivity contribution in [3.8, 4) is 11.5 Å². The molecule has 2 heterocycles. The number of hydrogen-bond donors (Lipinski definition) is 2. The predicted octanol–water partition coefficient (Wildman–Crippen LogP) is 4.62. The summed E-state index contributed by atoms with van der Waals surface area (Å²) in [5.74, 6) is 0.877. The van der Waals surface area contributed by atoms with Gasteiger partial charge >= 0.3 is 0 Å². The van der Waals surface area contributed by atoms with Gasteiger partial charge in [0, 0.05) is 16.1 Å². The lowest BCUT2D eigenvalue weighted by Crippen LogP contribution is -2.18. The molecule has 0 bridgehead atoms. The van der Waals surface area contributed by atoms with Gasteiger partial charge in [-0.05, 0) is 35.2 Å². The molecule has 138 valence electrons. The van der Waals surface area contributed by atoms with Crippen LogP contribution in [0.3, 0.4) is 0 Å². The number of amides is 1. The van der Waals surface area contributed by atoms with Crippen molar-refractivity contribution in [2.45, 2.75) is 6.10 Å². The Morgan fingerprint density at radius 2 is 1.81 bits per heavy atom. The molecule has 27 heavy (non-hydrogen) atoms. The van der Waals surface area contributed by atoms with E-state index in [0.717, 1.165) is 4.47 Å². The molecule has 0 spiro atoms. The molecule has 0 radical (unpaired) electrons. The van der Waals surface area contributed by atoms with Crippen molar-refractivity contribution in [2.24, 2.45) is 0 Å². The van der Waals surface area contributed by atoms with E-state index in [0.29, 0.717) is 46.4 Å². The highest BCUT2D eigenvalue weighted by molar-refractivity contribution is 9.10. The van der Waals surface area contributed by atoms with Gasteiger partial charge in [-0.15, -0.1) is 11.3 Å². The average Bonchev–Trinajstić information content (AvgIpc) is 3.22. The van der Waals surface area contributed by atoms with Crippen LogP contribution in [0.5, 0.6) is 11.5 Å². The van der Waals surface area contributed by atoms with Crippen molar-refractivity contribution < 1.29 is 19.4 Å². The zero-order valence-electron chi connectivity index (χ0n) is 14.1. The molecule has 0 saturated heterocycles. The molecule has 3 aromatic rings. The summed E-state index contributed by atoms with van der Waals surface area (Å²) in [6.07, 6.45) is -0.924. The van der Waals surface area contributed by atoms with Gasteiger partial charge in [0.2, 0.25) is 0 Å². The molecule has 1 aromatic heterocycles. The number of anilines is 1. The number of benzene rings is 2. The molecule has 2 aromatic carbocycles. The van der Waals surface area contributed by atoms with Crippen molar-refractivity contribution in [1.82, 2.24) is 0 Å². The Bertz CT molecular complexity index is 957. The van der Waals surface area contributed by atoms with Gasteiger partial charge in [0.15, 0.2) is 11.5 Å². The minimum atomic E-state index is -0.924. The van der Waals surface area contributed by atoms with Gasteiger partial charge in [0.05, 0.1) is 10.6 Å². The molecule has 0 unspecified atom stereocenters. The number of ether oxygens (including phenoxy) is 2. The van der Waals surface area contributed by atoms with Gasteiger partial charge in [0.1, 0.15) is 19.3 Å². The summed E-state index contributed by atoms with van der Waals surface area (Å²) >= 11 is 4.75. The molecule has 0 saturated carbocycles. The fraction of sp³-hybridized carbons (Fsp3) is 0.150. The maximum Gasteiger partial charge on any atom is 0.265 e. The molecule has 2 N–H and O–H groups in total. The van der Waals surface area contributed by atoms with Crippen LogP contribution in [0.15, 0.2) is 58.4 Å². The van der Waals surface area contributed by atoms with Crippen LogP contribution >= 0.6 is 27.3 Å². The number of aliphatic hydroxyl groups is 1. The number of rotatable bonds is 4. The lowest BCUT2D eigenvalue weighted by Gasteiger charge is -2.23. The first-order valence-electron chi connectivity index (χ1n) is 8.34. The number of hydrogen-bond acceptors (Lipinski definition) is 5. The summed E-state index contributed by atoms with van der Waals surface area (Å²) < 4.78 is 12.2. The smallest absolute Gasteiger partial charge is 0.265 e. The lowest BCUT2D eigenvalue weighted by atomic mass is 9.99. The molecular weight excluding hydrogens is 430 g/mol. The summed E-state index contributed by atoms with van der Waals surface area (Å²) in [6.45, 7) is 0.891. The van der Waals surface area contributed by atoms with Crippen LogP contribution in [0.2, 0.25) is 0 Å². The SMILES string of the molecule is O=C(Nc1cc2c(cc1[C@@H](O)c1ccc(Br)cc1)OCCO2)c1cccs1. The normalized spacial score (nSPS) is 13.9. The van der Waals surface area contributed by atoms with E-state index in [1.807, 2.05) is 35.7 Å². The van der Waals surface area contributed by atoms with E-state index in [1.54, 1.807) is 18.2 Å². The first-order chi connectivity index (χ1) is 13.1. The largest absolute Gasteiger partial charge is 0.486 e. The standard InChI is InChI=1S/C20H16BrNO4S/c21-13-5-3-12(4-6-13)19(23)14-10-16-17(26-8-7-25-16)11-15(14)22-20(24)18-2-1-9-27-18/h1-6,9-11,19,23H,7-8H2,(H,22,24)/t19-/m0/s1. The highest BCUT2D eigenvalue weighted by atomic mass is 79.9. The van der Waals surface area contributed by atoms with Gasteiger partial charge in [-0.2, -0.15) is 0 Å². The molecule has 1 atom stereocenters. The third kappa shape index (κ3) is 3.85. The Kier molecular flexibility index (Phi) is 5.15. The average molecular weight is 446 g/mol. The van der Waals surface area contributed by atoms with E-state index in [9.17, 15) is 9.90 Å². The molecule has 7 heteroatoms. The molecule has 1 aliphatic rings. The molecule has 1 amide bonds. The predicted molar refractivity (Wildman–Crippen MR) is 108 cm³/mol. The number of halogens is 1. The minimum absolute atomic E-state index is 0.231. The van der Waals surface area contributed by atoms with Crippen LogP contribution in [0.25, 0.3) is 0 Å². The second-order valence-electron chi connectivity index (χ2n) is 5.97. The minimum Gasteiger partial charge on any atom is -0.486 e. The Labute approximate surface area is 168 Å². The fourth-order valence-corrected chi connectivity index (χ4v) is 3.74. The van der Waals surface area contributed by atoms with E-state index in [2.05, 4.69) is 21.2 Å². The zero-order valence-corrected chi connectivity index (χ0v) is 16.5. The summed E-state index contributed by atoms with van der Waals surface area (Å²) in [7, 11) is 0. The highest BCUT2D eigenvalue weighted by Gasteiger charge is 2.23. The molecule has 4 rings (SSSR count). The van der Waals surface area contributed by atoms with Crippen LogP contribution in [-0.2, 0) is 0 Å². The maximum absolute atomic E-state index is 12.5. The monoisotopic (exact) mass is 445 g/mol. The van der Waals surface area contributed by atoms with Crippen LogP contribution in [0, 0.1) is 0 Å². The second-order valence-corrected chi connectivity index (χ2v) is 7.83. The summed E-state index contributed by atoms with van der Waals surface area (Å²) in [5, 5.41) is 15.7. The van der Waals surface area contributed by atoms with Crippen molar-refractivity contribution in [2.75, 3.05) is 18.5 Å². The van der Waals surface area contributed by atoms with Gasteiger partial charge in [-0.3, -0.25) is 4.79 Å². The summed E-state index contributed by atoms with van der Waals surface area (Å²) in [5.41, 5.74) is 1.75. The lowest BCUT2D eigenvalue weighted by molar-refractivity contribution is 0.103. The van der Waals surface area contributed by atoms with Crippen LogP contribution in [0.1, 0.15) is 26.9 Å². The van der Waals surface area contributed by atoms with Crippen molar-refractivity contribution in [3.05, 3.63) is 74.4 Å². The third-order valence-electron chi connectivity index (χ3n) is 4.19. The van der Waals surface area contributed by atoms with E-state index in [1.165, 1.54) is 11.3 Å². The van der Waals surface area contributed by atoms with Gasteiger partial charge < -0.3 is 19.9 Å². The number of nitrogens with one attached hydrogen (secondary N) is 1. The number of fused-ring (bicyclic) bond motifs is 1. The Morgan fingerprint density at radius 3 is 2.48 bits per heavy atom. The van der Waals surface area contributed by atoms with Crippen molar-refractivity contribution >= 4 is 38.9 Å². The molecular formula is C20H16BrNO4S. The van der Waals surface area contributed by atoms with E-state index in [4.69, 9.17) is 9.47 Å². The number of aliphatic hydroxyl groups excluding tert-OH is 1. The third-order valence-corrected chi connectivity index (χ3v) is 5.59. The fourth-order valence-electron chi connectivity index (χ4n) is 2.86. The maximum atomic E-state index is 12.5. The van der Waals surface area contributed by atoms with Gasteiger partial charge in [0.25, 0.3) is 5.91 Å². The van der Waals surface area contributed by atoms with Gasteiger partial charge in [-0.1, -0.05) is 34.1 Å². The number of carbonyl (C=O) groups is 1. The van der Waals surface area contributed by atoms with E-state index in [-0.39, 0.29) is 5.91 Å². The number of carbonyl (C=O) groups excluding carboxylic acids is 1. The van der Waals surface area contributed by atoms with Crippen LogP contribution in [-0.4, -0.2) is 24.2 Å². The van der Waals surface area contributed by atoms with E-state index >= 15 is 0 Å². The molecule has 5 nitrogen and oxygen atoms in total. The Balaban J connectivity index is 1.73. The van der Waals surface area contributed by atoms with Crippen LogP contribution < -0.4 is 14.8 Å². The second kappa shape index (κ2) is 7.72. The molecule has 0 fully saturated rings. The topological polar surface area (TPSA) is 67.8 Å². The Hall–Kier alpha value is -2.35. The van der Waals surface area contributed by atoms with Crippen LogP contribution in [0.4, 0.5) is 5.69 Å². The summed E-state index contributed by atoms with van der Waals surface area (Å²) in [6, 6.07) is 14.4. The Morgan fingerprint density at radius 1 is 1.11 bits per heavy atom. The molecule has 0 aliphatic carbocycles. The van der Waals surface area contributed by atoms with Gasteiger partial charge in [-0.25, -0.2) is 0 Å². The highest BCUT2D eigenvalue weighted by Crippen LogP contribution is 2.40. The van der Waals surface area contributed by atoms with Crippen molar-refractivity contribution in [3.63, 3.8) is 0 Å². The quantitative estimate of drug-likeness (QED) is 0.614. The number of thiophene rings is 1. The van der Waals surface area contributed by atoms with Crippen molar-refractivity contribution in [1.29, 1.82) is 0 Å². The van der Waals surface area contributed by atoms with E-state index < -0.39 is 6.10 Å². The molecule has 1 aliphatic heterocycles. The first-order valence-corrected chi connectivity index (χ1v) is 10.0.